The van der Waals surface area contributed by atoms with Gasteiger partial charge in [-0.15, -0.1) is 0 Å². The van der Waals surface area contributed by atoms with Gasteiger partial charge in [0.25, 0.3) is 0 Å². The van der Waals surface area contributed by atoms with Crippen molar-refractivity contribution in [1.82, 2.24) is 14.5 Å². The lowest BCUT2D eigenvalue weighted by Gasteiger charge is -2.24. The molecule has 42 heavy (non-hydrogen) atoms. The Morgan fingerprint density at radius 3 is 2.67 bits per heavy atom. The van der Waals surface area contributed by atoms with Crippen molar-refractivity contribution in [2.75, 3.05) is 12.3 Å². The van der Waals surface area contributed by atoms with Crippen LogP contribution in [-0.4, -0.2) is 42.4 Å². The number of ether oxygens (including phenoxy) is 1. The number of phenolic OH excluding ortho intramolecular Hbond substituents is 1. The summed E-state index contributed by atoms with van der Waals surface area (Å²) in [6.45, 7) is 3.93. The van der Waals surface area contributed by atoms with Crippen LogP contribution in [0, 0.1) is 19.7 Å². The third-order valence-electron chi connectivity index (χ3n) is 8.00. The minimum atomic E-state index is -1.87. The van der Waals surface area contributed by atoms with Gasteiger partial charge in [-0.05, 0) is 80.3 Å². The number of anilines is 1. The number of hydrogen-bond acceptors (Lipinski definition) is 7. The Balaban J connectivity index is 1.63. The highest BCUT2D eigenvalue weighted by Gasteiger charge is 2.30. The molecule has 4 heterocycles. The molecule has 3 aromatic heterocycles. The number of aliphatic hydroxyl groups excluding tert-OH is 1. The lowest BCUT2D eigenvalue weighted by Crippen LogP contribution is -2.16. The third kappa shape index (κ3) is 4.31. The normalized spacial score (nSPS) is 13.5. The molecule has 0 aliphatic carbocycles. The first-order valence-corrected chi connectivity index (χ1v) is 13.5. The van der Waals surface area contributed by atoms with Gasteiger partial charge in [-0.25, -0.2) is 14.2 Å². The van der Waals surface area contributed by atoms with Gasteiger partial charge < -0.3 is 30.4 Å². The van der Waals surface area contributed by atoms with E-state index in [9.17, 15) is 20.1 Å². The summed E-state index contributed by atoms with van der Waals surface area (Å²) >= 11 is 0. The molecule has 9 nitrogen and oxygen atoms in total. The Kier molecular flexibility index (Phi) is 6.58. The average molecular weight is 569 g/mol. The van der Waals surface area contributed by atoms with Crippen molar-refractivity contribution < 1.29 is 29.2 Å². The van der Waals surface area contributed by atoms with Crippen molar-refractivity contribution in [3.63, 3.8) is 0 Å². The number of hydrogen-bond donors (Lipinski definition) is 4. The standard InChI is InChI=1S/C32H29FN4O5/c1-15-19-5-4-10-42-30(19)22(33)13-20(15)28-21-14-25(37(3)31(21)36-16(2)27(28)29(39)32(40)41)18-8-9-35-24(12-18)17-6-7-26(38)23(34)11-17/h6-9,11-14,29,38-39H,4-5,10,34H2,1-3H3,(H,40,41)/t29-/m0/s1. The molecule has 0 saturated heterocycles. The van der Waals surface area contributed by atoms with Crippen LogP contribution in [-0.2, 0) is 18.3 Å². The van der Waals surface area contributed by atoms with Crippen molar-refractivity contribution in [2.24, 2.45) is 7.05 Å². The number of carboxylic acids is 1. The number of phenols is 1. The highest BCUT2D eigenvalue weighted by Crippen LogP contribution is 2.44. The molecule has 5 N–H and O–H groups in total. The second-order valence-electron chi connectivity index (χ2n) is 10.5. The van der Waals surface area contributed by atoms with Gasteiger partial charge in [0.15, 0.2) is 17.7 Å². The Morgan fingerprint density at radius 2 is 1.93 bits per heavy atom. The Hall–Kier alpha value is -4.96. The van der Waals surface area contributed by atoms with E-state index in [1.807, 2.05) is 36.7 Å². The van der Waals surface area contributed by atoms with Gasteiger partial charge in [-0.3, -0.25) is 4.98 Å². The number of carbonyl (C=O) groups is 1. The van der Waals surface area contributed by atoms with Crippen molar-refractivity contribution in [2.45, 2.75) is 32.8 Å². The number of aliphatic carboxylic acids is 1. The van der Waals surface area contributed by atoms with Crippen LogP contribution in [0.15, 0.2) is 48.7 Å². The molecule has 1 aliphatic heterocycles. The lowest BCUT2D eigenvalue weighted by molar-refractivity contribution is -0.147. The van der Waals surface area contributed by atoms with Crippen LogP contribution < -0.4 is 10.5 Å². The number of nitrogen functional groups attached to an aromatic ring is 1. The topological polar surface area (TPSA) is 144 Å². The third-order valence-corrected chi connectivity index (χ3v) is 8.00. The number of nitrogens with two attached hydrogens (primary N) is 1. The van der Waals surface area contributed by atoms with Crippen molar-refractivity contribution in [3.8, 4) is 45.1 Å². The molecule has 10 heteroatoms. The summed E-state index contributed by atoms with van der Waals surface area (Å²) < 4.78 is 23.0. The number of aromatic nitrogens is 3. The van der Waals surface area contributed by atoms with E-state index in [2.05, 4.69) is 4.98 Å². The Labute approximate surface area is 240 Å². The largest absolute Gasteiger partial charge is 0.506 e. The summed E-state index contributed by atoms with van der Waals surface area (Å²) in [4.78, 5) is 21.2. The number of pyridine rings is 2. The molecule has 0 spiro atoms. The SMILES string of the molecule is Cc1nc2c(cc(-c3ccnc(-c4ccc(O)c(N)c4)c3)n2C)c(-c2cc(F)c3c(c2C)CCCO3)c1[C@H](O)C(=O)O. The van der Waals surface area contributed by atoms with Gasteiger partial charge >= 0.3 is 5.97 Å². The molecule has 1 aliphatic rings. The fraction of sp³-hybridized carbons (Fsp3) is 0.219. The van der Waals surface area contributed by atoms with Gasteiger partial charge in [0, 0.05) is 52.1 Å². The van der Waals surface area contributed by atoms with E-state index >= 15 is 4.39 Å². The molecular weight excluding hydrogens is 539 g/mol. The Bertz CT molecular complexity index is 1920. The highest BCUT2D eigenvalue weighted by atomic mass is 19.1. The summed E-state index contributed by atoms with van der Waals surface area (Å²) in [6, 6.07) is 11.8. The molecule has 0 amide bonds. The maximum atomic E-state index is 15.4. The van der Waals surface area contributed by atoms with Gasteiger partial charge in [-0.1, -0.05) is 0 Å². The second kappa shape index (κ2) is 10.1. The van der Waals surface area contributed by atoms with Gasteiger partial charge in [0.1, 0.15) is 11.4 Å². The van der Waals surface area contributed by atoms with Crippen LogP contribution in [0.3, 0.4) is 0 Å². The summed E-state index contributed by atoms with van der Waals surface area (Å²) in [6.07, 6.45) is 1.15. The van der Waals surface area contributed by atoms with E-state index in [4.69, 9.17) is 15.5 Å². The van der Waals surface area contributed by atoms with E-state index in [0.717, 1.165) is 34.4 Å². The number of benzene rings is 2. The van der Waals surface area contributed by atoms with Crippen LogP contribution in [0.4, 0.5) is 10.1 Å². The summed E-state index contributed by atoms with van der Waals surface area (Å²) in [5, 5.41) is 31.1. The van der Waals surface area contributed by atoms with Crippen LogP contribution in [0.1, 0.15) is 34.9 Å². The maximum absolute atomic E-state index is 15.4. The minimum Gasteiger partial charge on any atom is -0.506 e. The van der Waals surface area contributed by atoms with E-state index in [-0.39, 0.29) is 22.7 Å². The van der Waals surface area contributed by atoms with Crippen molar-refractivity contribution in [3.05, 3.63) is 76.9 Å². The van der Waals surface area contributed by atoms with Crippen LogP contribution in [0.25, 0.3) is 44.7 Å². The number of nitrogens with zero attached hydrogens (tertiary/aromatic N) is 3. The summed E-state index contributed by atoms with van der Waals surface area (Å²) in [7, 11) is 1.84. The number of carboxylic acid groups (broad SMARTS) is 1. The second-order valence-corrected chi connectivity index (χ2v) is 10.5. The number of fused-ring (bicyclic) bond motifs is 2. The van der Waals surface area contributed by atoms with E-state index < -0.39 is 17.9 Å². The molecule has 5 aromatic rings. The molecular formula is C32H29FN4O5. The molecule has 1 atom stereocenters. The fourth-order valence-electron chi connectivity index (χ4n) is 5.86. The zero-order valence-corrected chi connectivity index (χ0v) is 23.3. The number of rotatable bonds is 5. The molecule has 214 valence electrons. The number of aliphatic hydroxyl groups is 1. The number of halogens is 1. The maximum Gasteiger partial charge on any atom is 0.337 e. The van der Waals surface area contributed by atoms with Crippen molar-refractivity contribution in [1.29, 1.82) is 0 Å². The monoisotopic (exact) mass is 568 g/mol. The van der Waals surface area contributed by atoms with E-state index in [1.165, 1.54) is 12.1 Å². The van der Waals surface area contributed by atoms with Crippen molar-refractivity contribution >= 4 is 22.7 Å². The first kappa shape index (κ1) is 27.2. The Morgan fingerprint density at radius 1 is 1.14 bits per heavy atom. The quantitative estimate of drug-likeness (QED) is 0.162. The lowest BCUT2D eigenvalue weighted by atomic mass is 9.87. The first-order valence-electron chi connectivity index (χ1n) is 13.5. The number of aryl methyl sites for hydroxylation is 2. The van der Waals surface area contributed by atoms with Gasteiger partial charge in [0.2, 0.25) is 0 Å². The molecule has 0 saturated carbocycles. The molecule has 0 radical (unpaired) electrons. The average Bonchev–Trinajstić information content (AvgIpc) is 3.31. The van der Waals surface area contributed by atoms with Crippen LogP contribution in [0.2, 0.25) is 0 Å². The molecule has 2 aromatic carbocycles. The molecule has 0 fully saturated rings. The van der Waals surface area contributed by atoms with Crippen LogP contribution in [0.5, 0.6) is 11.5 Å². The first-order chi connectivity index (χ1) is 20.1. The summed E-state index contributed by atoms with van der Waals surface area (Å²) in [5.41, 5.74) is 12.4. The van der Waals surface area contributed by atoms with Crippen LogP contribution >= 0.6 is 0 Å². The van der Waals surface area contributed by atoms with E-state index in [1.54, 1.807) is 25.3 Å². The minimum absolute atomic E-state index is 0.0163. The molecule has 0 unspecified atom stereocenters. The zero-order chi connectivity index (χ0) is 29.9. The zero-order valence-electron chi connectivity index (χ0n) is 23.3. The smallest absolute Gasteiger partial charge is 0.337 e. The summed E-state index contributed by atoms with van der Waals surface area (Å²) in [5.74, 6) is -1.76. The van der Waals surface area contributed by atoms with E-state index in [0.29, 0.717) is 46.6 Å². The fourth-order valence-corrected chi connectivity index (χ4v) is 5.86. The predicted octanol–water partition coefficient (Wildman–Crippen LogP) is 5.46. The van der Waals surface area contributed by atoms with Gasteiger partial charge in [0.05, 0.1) is 23.7 Å². The molecule has 0 bridgehead atoms. The number of aromatic hydroxyl groups is 1. The van der Waals surface area contributed by atoms with Gasteiger partial charge in [-0.2, -0.15) is 0 Å². The highest BCUT2D eigenvalue weighted by molar-refractivity contribution is 6.01. The molecule has 6 rings (SSSR count). The predicted molar refractivity (Wildman–Crippen MR) is 157 cm³/mol.